The van der Waals surface area contributed by atoms with Crippen LogP contribution in [0.4, 0.5) is 0 Å². The zero-order chi connectivity index (χ0) is 11.4. The standard InChI is InChI=1S/C11H21NO3/c1-8(2)12-5-6-14-7-10(12)11(13)15-9(3)4/h8-10H,5-7H2,1-4H3/t10-/m0/s1. The van der Waals surface area contributed by atoms with Crippen LogP contribution >= 0.6 is 0 Å². The third-order valence-corrected chi connectivity index (χ3v) is 2.46. The molecule has 15 heavy (non-hydrogen) atoms. The molecular formula is C11H21NO3. The third-order valence-electron chi connectivity index (χ3n) is 2.46. The fourth-order valence-corrected chi connectivity index (χ4v) is 1.75. The summed E-state index contributed by atoms with van der Waals surface area (Å²) in [7, 11) is 0. The number of esters is 1. The molecule has 0 aromatic rings. The van der Waals surface area contributed by atoms with Crippen LogP contribution in [0.5, 0.6) is 0 Å². The number of ether oxygens (including phenoxy) is 2. The van der Waals surface area contributed by atoms with Crippen molar-refractivity contribution in [3.05, 3.63) is 0 Å². The van der Waals surface area contributed by atoms with Crippen molar-refractivity contribution in [2.75, 3.05) is 19.8 Å². The van der Waals surface area contributed by atoms with Crippen LogP contribution in [0, 0.1) is 0 Å². The fourth-order valence-electron chi connectivity index (χ4n) is 1.75. The molecule has 0 saturated carbocycles. The van der Waals surface area contributed by atoms with Crippen LogP contribution in [0.1, 0.15) is 27.7 Å². The number of rotatable bonds is 3. The lowest BCUT2D eigenvalue weighted by Gasteiger charge is -2.36. The predicted octanol–water partition coefficient (Wildman–Crippen LogP) is 1.05. The summed E-state index contributed by atoms with van der Waals surface area (Å²) >= 11 is 0. The van der Waals surface area contributed by atoms with Crippen LogP contribution in [0.3, 0.4) is 0 Å². The summed E-state index contributed by atoms with van der Waals surface area (Å²) in [6.07, 6.45) is -0.0616. The molecule has 0 spiro atoms. The second-order valence-electron chi connectivity index (χ2n) is 4.41. The molecule has 0 N–H and O–H groups in total. The molecule has 4 heteroatoms. The van der Waals surface area contributed by atoms with Gasteiger partial charge in [-0.3, -0.25) is 9.69 Å². The van der Waals surface area contributed by atoms with Gasteiger partial charge in [-0.05, 0) is 27.7 Å². The van der Waals surface area contributed by atoms with Gasteiger partial charge in [0.05, 0.1) is 19.3 Å². The van der Waals surface area contributed by atoms with E-state index in [2.05, 4.69) is 18.7 Å². The Morgan fingerprint density at radius 1 is 1.40 bits per heavy atom. The molecule has 0 unspecified atom stereocenters. The minimum atomic E-state index is -0.235. The van der Waals surface area contributed by atoms with Gasteiger partial charge in [-0.2, -0.15) is 0 Å². The van der Waals surface area contributed by atoms with Crippen molar-refractivity contribution in [3.8, 4) is 0 Å². The van der Waals surface area contributed by atoms with Crippen LogP contribution in [0.25, 0.3) is 0 Å². The van der Waals surface area contributed by atoms with Gasteiger partial charge in [0.1, 0.15) is 6.04 Å². The Labute approximate surface area is 91.5 Å². The Hall–Kier alpha value is -0.610. The van der Waals surface area contributed by atoms with E-state index >= 15 is 0 Å². The summed E-state index contributed by atoms with van der Waals surface area (Å²) < 4.78 is 10.5. The molecule has 0 bridgehead atoms. The predicted molar refractivity (Wildman–Crippen MR) is 57.7 cm³/mol. The van der Waals surface area contributed by atoms with E-state index in [-0.39, 0.29) is 18.1 Å². The van der Waals surface area contributed by atoms with E-state index in [9.17, 15) is 4.79 Å². The highest BCUT2D eigenvalue weighted by molar-refractivity contribution is 5.76. The number of morpholine rings is 1. The van der Waals surface area contributed by atoms with Gasteiger partial charge in [-0.15, -0.1) is 0 Å². The maximum atomic E-state index is 11.8. The highest BCUT2D eigenvalue weighted by Crippen LogP contribution is 2.13. The summed E-state index contributed by atoms with van der Waals surface area (Å²) in [5, 5.41) is 0. The smallest absolute Gasteiger partial charge is 0.326 e. The van der Waals surface area contributed by atoms with E-state index in [1.54, 1.807) is 0 Å². The Morgan fingerprint density at radius 2 is 2.07 bits per heavy atom. The fraction of sp³-hybridized carbons (Fsp3) is 0.909. The van der Waals surface area contributed by atoms with Gasteiger partial charge in [0.25, 0.3) is 0 Å². The third kappa shape index (κ3) is 3.47. The van der Waals surface area contributed by atoms with Crippen LogP contribution in [-0.2, 0) is 14.3 Å². The number of hydrogen-bond acceptors (Lipinski definition) is 4. The van der Waals surface area contributed by atoms with Crippen molar-refractivity contribution in [3.63, 3.8) is 0 Å². The largest absolute Gasteiger partial charge is 0.462 e. The van der Waals surface area contributed by atoms with Crippen molar-refractivity contribution in [2.24, 2.45) is 0 Å². The van der Waals surface area contributed by atoms with E-state index in [0.29, 0.717) is 19.3 Å². The van der Waals surface area contributed by atoms with E-state index < -0.39 is 0 Å². The Kier molecular flexibility index (Phi) is 4.54. The molecule has 0 aromatic heterocycles. The molecule has 1 saturated heterocycles. The zero-order valence-electron chi connectivity index (χ0n) is 10.0. The SMILES string of the molecule is CC(C)OC(=O)[C@@H]1COCCN1C(C)C. The highest BCUT2D eigenvalue weighted by Gasteiger charge is 2.32. The van der Waals surface area contributed by atoms with Gasteiger partial charge in [-0.25, -0.2) is 0 Å². The number of hydrogen-bond donors (Lipinski definition) is 0. The number of carbonyl (C=O) groups is 1. The summed E-state index contributed by atoms with van der Waals surface area (Å²) in [5.74, 6) is -0.168. The van der Waals surface area contributed by atoms with E-state index in [1.807, 2.05) is 13.8 Å². The van der Waals surface area contributed by atoms with Crippen LogP contribution in [-0.4, -0.2) is 48.8 Å². The molecule has 1 atom stereocenters. The maximum absolute atomic E-state index is 11.8. The monoisotopic (exact) mass is 215 g/mol. The van der Waals surface area contributed by atoms with E-state index in [0.717, 1.165) is 6.54 Å². The lowest BCUT2D eigenvalue weighted by Crippen LogP contribution is -2.53. The highest BCUT2D eigenvalue weighted by atomic mass is 16.5. The van der Waals surface area contributed by atoms with Crippen LogP contribution in [0.2, 0.25) is 0 Å². The second kappa shape index (κ2) is 5.47. The van der Waals surface area contributed by atoms with Gasteiger partial charge in [0.2, 0.25) is 0 Å². The molecule has 4 nitrogen and oxygen atoms in total. The Balaban J connectivity index is 2.59. The van der Waals surface area contributed by atoms with Crippen molar-refractivity contribution in [1.82, 2.24) is 4.90 Å². The Morgan fingerprint density at radius 3 is 2.60 bits per heavy atom. The Bertz CT molecular complexity index is 216. The first-order valence-electron chi connectivity index (χ1n) is 5.56. The van der Waals surface area contributed by atoms with Crippen molar-refractivity contribution >= 4 is 5.97 Å². The second-order valence-corrected chi connectivity index (χ2v) is 4.41. The van der Waals surface area contributed by atoms with Crippen LogP contribution in [0.15, 0.2) is 0 Å². The van der Waals surface area contributed by atoms with Gasteiger partial charge < -0.3 is 9.47 Å². The first-order valence-corrected chi connectivity index (χ1v) is 5.56. The summed E-state index contributed by atoms with van der Waals surface area (Å²) in [5.41, 5.74) is 0. The molecule has 88 valence electrons. The van der Waals surface area contributed by atoms with Crippen LogP contribution < -0.4 is 0 Å². The van der Waals surface area contributed by atoms with Gasteiger partial charge in [-0.1, -0.05) is 0 Å². The first kappa shape index (κ1) is 12.5. The normalized spacial score (nSPS) is 23.5. The molecule has 0 aromatic carbocycles. The average molecular weight is 215 g/mol. The minimum absolute atomic E-state index is 0.0616. The molecular weight excluding hydrogens is 194 g/mol. The first-order chi connectivity index (χ1) is 7.02. The van der Waals surface area contributed by atoms with Crippen molar-refractivity contribution in [2.45, 2.75) is 45.9 Å². The van der Waals surface area contributed by atoms with Gasteiger partial charge in [0, 0.05) is 12.6 Å². The zero-order valence-corrected chi connectivity index (χ0v) is 10.0. The summed E-state index contributed by atoms with van der Waals surface area (Å²) in [6.45, 7) is 9.84. The number of nitrogens with zero attached hydrogens (tertiary/aromatic N) is 1. The van der Waals surface area contributed by atoms with E-state index in [1.165, 1.54) is 0 Å². The van der Waals surface area contributed by atoms with Gasteiger partial charge >= 0.3 is 5.97 Å². The maximum Gasteiger partial charge on any atom is 0.326 e. The molecule has 1 aliphatic heterocycles. The lowest BCUT2D eigenvalue weighted by atomic mass is 10.2. The minimum Gasteiger partial charge on any atom is -0.462 e. The molecule has 0 amide bonds. The molecule has 1 rings (SSSR count). The summed E-state index contributed by atoms with van der Waals surface area (Å²) in [4.78, 5) is 13.9. The topological polar surface area (TPSA) is 38.8 Å². The average Bonchev–Trinajstić information content (AvgIpc) is 2.16. The van der Waals surface area contributed by atoms with Crippen molar-refractivity contribution < 1.29 is 14.3 Å². The summed E-state index contributed by atoms with van der Waals surface area (Å²) in [6, 6.07) is 0.111. The van der Waals surface area contributed by atoms with Gasteiger partial charge in [0.15, 0.2) is 0 Å². The van der Waals surface area contributed by atoms with Crippen molar-refractivity contribution in [1.29, 1.82) is 0 Å². The molecule has 0 radical (unpaired) electrons. The quantitative estimate of drug-likeness (QED) is 0.660. The molecule has 1 fully saturated rings. The number of carbonyl (C=O) groups excluding carboxylic acids is 1. The molecule has 0 aliphatic carbocycles. The molecule has 1 heterocycles. The van der Waals surface area contributed by atoms with E-state index in [4.69, 9.17) is 9.47 Å². The lowest BCUT2D eigenvalue weighted by molar-refractivity contribution is -0.161. The molecule has 1 aliphatic rings.